The van der Waals surface area contributed by atoms with Gasteiger partial charge in [0, 0.05) is 19.7 Å². The Morgan fingerprint density at radius 3 is 2.94 bits per heavy atom. The van der Waals surface area contributed by atoms with Crippen molar-refractivity contribution in [2.75, 3.05) is 26.8 Å². The van der Waals surface area contributed by atoms with Crippen LogP contribution in [0, 0.1) is 6.92 Å². The second kappa shape index (κ2) is 5.17. The Balaban J connectivity index is 1.90. The molecule has 0 amide bonds. The molecule has 1 saturated heterocycles. The summed E-state index contributed by atoms with van der Waals surface area (Å²) in [6.07, 6.45) is 0.963. The predicted molar refractivity (Wildman–Crippen MR) is 69.9 cm³/mol. The Morgan fingerprint density at radius 2 is 2.29 bits per heavy atom. The van der Waals surface area contributed by atoms with E-state index in [4.69, 9.17) is 10.5 Å². The van der Waals surface area contributed by atoms with E-state index in [2.05, 4.69) is 43.1 Å². The average molecular weight is 234 g/mol. The quantitative estimate of drug-likeness (QED) is 0.859. The van der Waals surface area contributed by atoms with Crippen LogP contribution < -0.4 is 5.73 Å². The van der Waals surface area contributed by atoms with Crippen molar-refractivity contribution in [3.63, 3.8) is 0 Å². The van der Waals surface area contributed by atoms with Crippen LogP contribution in [0.15, 0.2) is 24.3 Å². The number of hydrogen-bond acceptors (Lipinski definition) is 3. The monoisotopic (exact) mass is 234 g/mol. The molecule has 0 aliphatic carbocycles. The Morgan fingerprint density at radius 1 is 1.47 bits per heavy atom. The van der Waals surface area contributed by atoms with Crippen LogP contribution in [0.2, 0.25) is 0 Å². The number of rotatable bonds is 4. The lowest BCUT2D eigenvalue weighted by Crippen LogP contribution is -2.49. The summed E-state index contributed by atoms with van der Waals surface area (Å²) in [7, 11) is 2.12. The Bertz CT molecular complexity index is 372. The van der Waals surface area contributed by atoms with Crippen molar-refractivity contribution >= 4 is 0 Å². The molecular formula is C14H22N2O. The van der Waals surface area contributed by atoms with Gasteiger partial charge in [-0.25, -0.2) is 0 Å². The Labute approximate surface area is 104 Å². The molecule has 0 aromatic heterocycles. The fourth-order valence-corrected chi connectivity index (χ4v) is 2.46. The molecule has 2 rings (SSSR count). The van der Waals surface area contributed by atoms with Crippen molar-refractivity contribution < 1.29 is 4.74 Å². The van der Waals surface area contributed by atoms with Gasteiger partial charge in [0.05, 0.1) is 12.1 Å². The summed E-state index contributed by atoms with van der Waals surface area (Å²) in [5.74, 6) is 0. The zero-order chi connectivity index (χ0) is 12.3. The van der Waals surface area contributed by atoms with Crippen LogP contribution in [-0.4, -0.2) is 37.2 Å². The van der Waals surface area contributed by atoms with Gasteiger partial charge < -0.3 is 15.4 Å². The average Bonchev–Trinajstić information content (AvgIpc) is 2.64. The largest absolute Gasteiger partial charge is 0.379 e. The van der Waals surface area contributed by atoms with Crippen LogP contribution in [-0.2, 0) is 11.3 Å². The second-order valence-electron chi connectivity index (χ2n) is 5.33. The van der Waals surface area contributed by atoms with Crippen LogP contribution >= 0.6 is 0 Å². The lowest BCUT2D eigenvalue weighted by molar-refractivity contribution is 0.159. The maximum Gasteiger partial charge on any atom is 0.0659 e. The number of nitrogens with two attached hydrogens (primary N) is 1. The van der Waals surface area contributed by atoms with E-state index in [1.807, 2.05) is 0 Å². The van der Waals surface area contributed by atoms with Gasteiger partial charge in [0.15, 0.2) is 0 Å². The van der Waals surface area contributed by atoms with E-state index >= 15 is 0 Å². The lowest BCUT2D eigenvalue weighted by Gasteiger charge is -2.28. The first-order valence-electron chi connectivity index (χ1n) is 6.18. The topological polar surface area (TPSA) is 38.5 Å². The Hall–Kier alpha value is -0.900. The van der Waals surface area contributed by atoms with Gasteiger partial charge in [-0.3, -0.25) is 0 Å². The zero-order valence-corrected chi connectivity index (χ0v) is 10.8. The van der Waals surface area contributed by atoms with E-state index in [1.165, 1.54) is 11.1 Å². The number of benzene rings is 1. The number of ether oxygens (including phenoxy) is 1. The van der Waals surface area contributed by atoms with Crippen molar-refractivity contribution in [3.05, 3.63) is 35.4 Å². The standard InChI is InChI=1S/C14H22N2O/c1-12-4-3-5-13(8-12)9-16(2)10-14(15)6-7-17-11-14/h3-5,8H,6-7,9-11,15H2,1-2H3. The number of nitrogens with zero attached hydrogens (tertiary/aromatic N) is 1. The van der Waals surface area contributed by atoms with E-state index in [9.17, 15) is 0 Å². The first-order valence-corrected chi connectivity index (χ1v) is 6.18. The highest BCUT2D eigenvalue weighted by molar-refractivity contribution is 5.22. The molecule has 1 unspecified atom stereocenters. The summed E-state index contributed by atoms with van der Waals surface area (Å²) in [6.45, 7) is 5.44. The first-order chi connectivity index (χ1) is 8.07. The minimum atomic E-state index is -0.154. The molecule has 1 aromatic rings. The molecule has 1 aliphatic rings. The highest BCUT2D eigenvalue weighted by Gasteiger charge is 2.31. The smallest absolute Gasteiger partial charge is 0.0659 e. The summed E-state index contributed by atoms with van der Waals surface area (Å²) in [5.41, 5.74) is 8.77. The molecule has 1 aliphatic heterocycles. The molecule has 94 valence electrons. The van der Waals surface area contributed by atoms with E-state index in [0.29, 0.717) is 6.61 Å². The molecular weight excluding hydrogens is 212 g/mol. The third kappa shape index (κ3) is 3.53. The van der Waals surface area contributed by atoms with Crippen LogP contribution in [0.4, 0.5) is 0 Å². The van der Waals surface area contributed by atoms with Gasteiger partial charge in [0.1, 0.15) is 0 Å². The normalized spacial score (nSPS) is 24.5. The highest BCUT2D eigenvalue weighted by atomic mass is 16.5. The summed E-state index contributed by atoms with van der Waals surface area (Å²) in [5, 5.41) is 0. The molecule has 17 heavy (non-hydrogen) atoms. The second-order valence-corrected chi connectivity index (χ2v) is 5.33. The van der Waals surface area contributed by atoms with Gasteiger partial charge >= 0.3 is 0 Å². The minimum absolute atomic E-state index is 0.154. The fraction of sp³-hybridized carbons (Fsp3) is 0.571. The fourth-order valence-electron chi connectivity index (χ4n) is 2.46. The molecule has 1 aromatic carbocycles. The third-order valence-corrected chi connectivity index (χ3v) is 3.25. The summed E-state index contributed by atoms with van der Waals surface area (Å²) < 4.78 is 5.38. The first kappa shape index (κ1) is 12.6. The molecule has 3 nitrogen and oxygen atoms in total. The molecule has 0 spiro atoms. The van der Waals surface area contributed by atoms with Crippen molar-refractivity contribution in [3.8, 4) is 0 Å². The van der Waals surface area contributed by atoms with Crippen LogP contribution in [0.3, 0.4) is 0 Å². The number of aryl methyl sites for hydroxylation is 1. The summed E-state index contributed by atoms with van der Waals surface area (Å²) in [4.78, 5) is 2.28. The molecule has 3 heteroatoms. The molecule has 2 N–H and O–H groups in total. The van der Waals surface area contributed by atoms with Crippen molar-refractivity contribution in [1.82, 2.24) is 4.90 Å². The van der Waals surface area contributed by atoms with E-state index in [-0.39, 0.29) is 5.54 Å². The van der Waals surface area contributed by atoms with Crippen LogP contribution in [0.25, 0.3) is 0 Å². The number of hydrogen-bond donors (Lipinski definition) is 1. The maximum atomic E-state index is 6.28. The summed E-state index contributed by atoms with van der Waals surface area (Å²) in [6, 6.07) is 8.62. The molecule has 1 fully saturated rings. The van der Waals surface area contributed by atoms with E-state index < -0.39 is 0 Å². The van der Waals surface area contributed by atoms with Gasteiger partial charge in [-0.1, -0.05) is 29.8 Å². The van der Waals surface area contributed by atoms with E-state index in [1.54, 1.807) is 0 Å². The zero-order valence-electron chi connectivity index (χ0n) is 10.8. The van der Waals surface area contributed by atoms with Crippen molar-refractivity contribution in [2.24, 2.45) is 5.73 Å². The van der Waals surface area contributed by atoms with Crippen LogP contribution in [0.1, 0.15) is 17.5 Å². The summed E-state index contributed by atoms with van der Waals surface area (Å²) >= 11 is 0. The van der Waals surface area contributed by atoms with Gasteiger partial charge in [-0.15, -0.1) is 0 Å². The highest BCUT2D eigenvalue weighted by Crippen LogP contribution is 2.17. The predicted octanol–water partition coefficient (Wildman–Crippen LogP) is 1.54. The Kier molecular flexibility index (Phi) is 3.82. The molecule has 1 heterocycles. The van der Waals surface area contributed by atoms with Gasteiger partial charge in [0.2, 0.25) is 0 Å². The van der Waals surface area contributed by atoms with Crippen molar-refractivity contribution in [2.45, 2.75) is 25.4 Å². The van der Waals surface area contributed by atoms with Crippen LogP contribution in [0.5, 0.6) is 0 Å². The maximum absolute atomic E-state index is 6.28. The van der Waals surface area contributed by atoms with Gasteiger partial charge in [0.25, 0.3) is 0 Å². The van der Waals surface area contributed by atoms with Crippen molar-refractivity contribution in [1.29, 1.82) is 0 Å². The SMILES string of the molecule is Cc1cccc(CN(C)CC2(N)CCOC2)c1. The van der Waals surface area contributed by atoms with Gasteiger partial charge in [-0.2, -0.15) is 0 Å². The lowest BCUT2D eigenvalue weighted by atomic mass is 9.99. The number of likely N-dealkylation sites (N-methyl/N-ethyl adjacent to an activating group) is 1. The molecule has 0 radical (unpaired) electrons. The molecule has 0 bridgehead atoms. The molecule has 0 saturated carbocycles. The van der Waals surface area contributed by atoms with Gasteiger partial charge in [-0.05, 0) is 26.0 Å². The third-order valence-electron chi connectivity index (χ3n) is 3.25. The van der Waals surface area contributed by atoms with E-state index in [0.717, 1.165) is 26.1 Å². The molecule has 1 atom stereocenters. The minimum Gasteiger partial charge on any atom is -0.379 e.